The molecule has 2 heterocycles. The van der Waals surface area contributed by atoms with Crippen LogP contribution in [0.25, 0.3) is 5.69 Å². The van der Waals surface area contributed by atoms with Crippen molar-refractivity contribution in [2.24, 2.45) is 5.92 Å². The lowest BCUT2D eigenvalue weighted by atomic mass is 10.1. The van der Waals surface area contributed by atoms with Gasteiger partial charge in [-0.1, -0.05) is 6.07 Å². The largest absolute Gasteiger partial charge is 0.493 e. The predicted molar refractivity (Wildman–Crippen MR) is 114 cm³/mol. The zero-order chi connectivity index (χ0) is 22.7. The number of hydrogen-bond donors (Lipinski definition) is 1. The number of anilines is 2. The maximum Gasteiger partial charge on any atom is 0.229 e. The molecular weight excluding hydrogens is 416 g/mol. The van der Waals surface area contributed by atoms with Crippen LogP contribution in [0.5, 0.6) is 17.2 Å². The van der Waals surface area contributed by atoms with Crippen molar-refractivity contribution in [2.75, 3.05) is 38.1 Å². The van der Waals surface area contributed by atoms with Crippen molar-refractivity contribution in [3.05, 3.63) is 42.7 Å². The van der Waals surface area contributed by atoms with Crippen molar-refractivity contribution in [1.29, 1.82) is 0 Å². The molecule has 0 spiro atoms. The minimum Gasteiger partial charge on any atom is -0.493 e. The summed E-state index contributed by atoms with van der Waals surface area (Å²) in [6.45, 7) is 0.232. The van der Waals surface area contributed by atoms with Gasteiger partial charge in [0.2, 0.25) is 17.6 Å². The highest BCUT2D eigenvalue weighted by Crippen LogP contribution is 2.42. The average molecular weight is 438 g/mol. The van der Waals surface area contributed by atoms with Gasteiger partial charge < -0.3 is 24.4 Å². The normalized spacial score (nSPS) is 15.5. The minimum absolute atomic E-state index is 0.0924. The number of carbonyl (C=O) groups is 2. The van der Waals surface area contributed by atoms with Crippen LogP contribution in [0, 0.1) is 5.92 Å². The highest BCUT2D eigenvalue weighted by molar-refractivity contribution is 6.03. The number of hydrogen-bond acceptors (Lipinski definition) is 8. The quantitative estimate of drug-likeness (QED) is 0.592. The summed E-state index contributed by atoms with van der Waals surface area (Å²) in [4.78, 5) is 27.1. The molecule has 4 rings (SSSR count). The zero-order valence-corrected chi connectivity index (χ0v) is 17.8. The van der Waals surface area contributed by atoms with Gasteiger partial charge in [-0.05, 0) is 28.6 Å². The van der Waals surface area contributed by atoms with Crippen molar-refractivity contribution in [3.63, 3.8) is 0 Å². The standard InChI is InChI=1S/C21H22N6O5/c1-30-17-9-16(10-18(31-2)20(17)32-3)26-11-13(7-19(26)28)21(29)23-14-5-4-6-15(8-14)27-12-22-24-25-27/h4-6,8-10,12-13H,7,11H2,1-3H3,(H,23,29). The topological polar surface area (TPSA) is 121 Å². The molecule has 32 heavy (non-hydrogen) atoms. The number of ether oxygens (including phenoxy) is 3. The Kier molecular flexibility index (Phi) is 5.88. The van der Waals surface area contributed by atoms with E-state index in [-0.39, 0.29) is 24.8 Å². The van der Waals surface area contributed by atoms with E-state index >= 15 is 0 Å². The number of nitrogens with one attached hydrogen (secondary N) is 1. The highest BCUT2D eigenvalue weighted by Gasteiger charge is 2.36. The number of aromatic nitrogens is 4. The van der Waals surface area contributed by atoms with Gasteiger partial charge in [0, 0.05) is 30.8 Å². The summed E-state index contributed by atoms with van der Waals surface area (Å²) in [5.41, 5.74) is 1.86. The van der Waals surface area contributed by atoms with Gasteiger partial charge in [0.15, 0.2) is 11.5 Å². The lowest BCUT2D eigenvalue weighted by Crippen LogP contribution is -2.28. The Morgan fingerprint density at radius 3 is 2.44 bits per heavy atom. The molecule has 0 aliphatic carbocycles. The third-order valence-corrected chi connectivity index (χ3v) is 5.18. The third-order valence-electron chi connectivity index (χ3n) is 5.18. The number of tetrazole rings is 1. The summed E-state index contributed by atoms with van der Waals surface area (Å²) in [7, 11) is 4.52. The Labute approximate surface area is 183 Å². The zero-order valence-electron chi connectivity index (χ0n) is 17.8. The summed E-state index contributed by atoms with van der Waals surface area (Å²) >= 11 is 0. The molecule has 0 radical (unpaired) electrons. The summed E-state index contributed by atoms with van der Waals surface area (Å²) in [6, 6.07) is 10.5. The number of amides is 2. The van der Waals surface area contributed by atoms with Gasteiger partial charge in [-0.2, -0.15) is 0 Å². The summed E-state index contributed by atoms with van der Waals surface area (Å²) in [5.74, 6) is 0.369. The Morgan fingerprint density at radius 1 is 1.06 bits per heavy atom. The van der Waals surface area contributed by atoms with Gasteiger partial charge in [0.1, 0.15) is 6.33 Å². The molecule has 0 saturated carbocycles. The first-order valence-electron chi connectivity index (χ1n) is 9.78. The van der Waals surface area contributed by atoms with Crippen LogP contribution in [0.4, 0.5) is 11.4 Å². The van der Waals surface area contributed by atoms with E-state index < -0.39 is 5.92 Å². The van der Waals surface area contributed by atoms with Crippen LogP contribution >= 0.6 is 0 Å². The molecule has 1 atom stereocenters. The first-order chi connectivity index (χ1) is 15.5. The molecule has 1 N–H and O–H groups in total. The SMILES string of the molecule is COc1cc(N2CC(C(=O)Nc3cccc(-n4cnnn4)c3)CC2=O)cc(OC)c1OC. The number of nitrogens with zero attached hydrogens (tertiary/aromatic N) is 5. The number of benzene rings is 2. The van der Waals surface area contributed by atoms with Crippen LogP contribution in [0.3, 0.4) is 0 Å². The summed E-state index contributed by atoms with van der Waals surface area (Å²) in [6.07, 6.45) is 1.56. The van der Waals surface area contributed by atoms with Gasteiger partial charge in [-0.25, -0.2) is 4.68 Å². The maximum atomic E-state index is 12.9. The lowest BCUT2D eigenvalue weighted by Gasteiger charge is -2.20. The second kappa shape index (κ2) is 8.92. The summed E-state index contributed by atoms with van der Waals surface area (Å²) in [5, 5.41) is 13.9. The molecule has 1 saturated heterocycles. The fraction of sp³-hybridized carbons (Fsp3) is 0.286. The molecule has 166 valence electrons. The van der Waals surface area contributed by atoms with Gasteiger partial charge in [-0.3, -0.25) is 9.59 Å². The second-order valence-electron chi connectivity index (χ2n) is 7.08. The number of rotatable bonds is 7. The van der Waals surface area contributed by atoms with E-state index in [9.17, 15) is 9.59 Å². The van der Waals surface area contributed by atoms with Gasteiger partial charge in [0.05, 0.1) is 38.6 Å². The predicted octanol–water partition coefficient (Wildman–Crippen LogP) is 1.68. The highest BCUT2D eigenvalue weighted by atomic mass is 16.5. The maximum absolute atomic E-state index is 12.9. The van der Waals surface area contributed by atoms with Crippen LogP contribution < -0.4 is 24.4 Å². The fourth-order valence-electron chi connectivity index (χ4n) is 3.61. The van der Waals surface area contributed by atoms with E-state index in [1.54, 1.807) is 35.2 Å². The second-order valence-corrected chi connectivity index (χ2v) is 7.08. The van der Waals surface area contributed by atoms with Crippen LogP contribution in [-0.2, 0) is 9.59 Å². The molecule has 11 nitrogen and oxygen atoms in total. The molecule has 1 unspecified atom stereocenters. The Bertz CT molecular complexity index is 1110. The summed E-state index contributed by atoms with van der Waals surface area (Å²) < 4.78 is 17.6. The molecule has 11 heteroatoms. The van der Waals surface area contributed by atoms with E-state index in [0.717, 1.165) is 0 Å². The van der Waals surface area contributed by atoms with E-state index in [0.29, 0.717) is 34.3 Å². The van der Waals surface area contributed by atoms with Crippen molar-refractivity contribution in [3.8, 4) is 22.9 Å². The molecule has 1 aliphatic heterocycles. The van der Waals surface area contributed by atoms with E-state index in [2.05, 4.69) is 20.8 Å². The smallest absolute Gasteiger partial charge is 0.229 e. The Hall–Kier alpha value is -4.15. The van der Waals surface area contributed by atoms with Gasteiger partial charge >= 0.3 is 0 Å². The van der Waals surface area contributed by atoms with E-state index in [1.807, 2.05) is 6.07 Å². The molecule has 1 aromatic heterocycles. The molecule has 1 fully saturated rings. The first kappa shape index (κ1) is 21.1. The Morgan fingerprint density at radius 2 is 1.81 bits per heavy atom. The fourth-order valence-corrected chi connectivity index (χ4v) is 3.61. The number of methoxy groups -OCH3 is 3. The average Bonchev–Trinajstić information content (AvgIpc) is 3.48. The van der Waals surface area contributed by atoms with Crippen molar-refractivity contribution in [2.45, 2.75) is 6.42 Å². The lowest BCUT2D eigenvalue weighted by molar-refractivity contribution is -0.122. The molecule has 2 amide bonds. The van der Waals surface area contributed by atoms with Crippen molar-refractivity contribution < 1.29 is 23.8 Å². The van der Waals surface area contributed by atoms with Gasteiger partial charge in [0.25, 0.3) is 0 Å². The van der Waals surface area contributed by atoms with Crippen molar-refractivity contribution in [1.82, 2.24) is 20.2 Å². The monoisotopic (exact) mass is 438 g/mol. The Balaban J connectivity index is 1.51. The van der Waals surface area contributed by atoms with Crippen LogP contribution in [0.2, 0.25) is 0 Å². The minimum atomic E-state index is -0.515. The molecule has 1 aliphatic rings. The van der Waals surface area contributed by atoms with E-state index in [1.165, 1.54) is 32.3 Å². The van der Waals surface area contributed by atoms with Gasteiger partial charge in [-0.15, -0.1) is 5.10 Å². The molecule has 3 aromatic rings. The van der Waals surface area contributed by atoms with Crippen molar-refractivity contribution >= 4 is 23.2 Å². The third kappa shape index (κ3) is 4.04. The molecular formula is C21H22N6O5. The first-order valence-corrected chi connectivity index (χ1v) is 9.78. The van der Waals surface area contributed by atoms with E-state index in [4.69, 9.17) is 14.2 Å². The number of carbonyl (C=O) groups excluding carboxylic acids is 2. The van der Waals surface area contributed by atoms with Crippen LogP contribution in [0.1, 0.15) is 6.42 Å². The van der Waals surface area contributed by atoms with Crippen LogP contribution in [0.15, 0.2) is 42.7 Å². The molecule has 0 bridgehead atoms. The van der Waals surface area contributed by atoms with Crippen LogP contribution in [-0.4, -0.2) is 59.9 Å². The molecule has 2 aromatic carbocycles.